The van der Waals surface area contributed by atoms with E-state index in [4.69, 9.17) is 0 Å². The number of nitrogens with one attached hydrogen (secondary N) is 1. The predicted octanol–water partition coefficient (Wildman–Crippen LogP) is 2.95. The molecule has 0 aliphatic carbocycles. The van der Waals surface area contributed by atoms with Gasteiger partial charge in [-0.2, -0.15) is 0 Å². The molecule has 19 heavy (non-hydrogen) atoms. The van der Waals surface area contributed by atoms with Crippen LogP contribution in [0.4, 0.5) is 0 Å². The van der Waals surface area contributed by atoms with E-state index >= 15 is 0 Å². The second-order valence-electron chi connectivity index (χ2n) is 5.25. The van der Waals surface area contributed by atoms with Crippen LogP contribution in [0.3, 0.4) is 0 Å². The minimum atomic E-state index is 0.989. The summed E-state index contributed by atoms with van der Waals surface area (Å²) in [4.78, 5) is 2.50. The van der Waals surface area contributed by atoms with Gasteiger partial charge in [-0.25, -0.2) is 0 Å². The Morgan fingerprint density at radius 1 is 1.16 bits per heavy atom. The van der Waals surface area contributed by atoms with Crippen LogP contribution in [-0.4, -0.2) is 35.6 Å². The van der Waals surface area contributed by atoms with Crippen molar-refractivity contribution in [2.75, 3.05) is 26.2 Å². The molecule has 0 atom stereocenters. The highest BCUT2D eigenvalue weighted by Crippen LogP contribution is 2.14. The van der Waals surface area contributed by atoms with Crippen molar-refractivity contribution < 1.29 is 0 Å². The topological polar surface area (TPSA) is 20.2 Å². The van der Waals surface area contributed by atoms with E-state index in [1.54, 1.807) is 0 Å². The molecule has 0 saturated heterocycles. The minimum Gasteiger partial charge on any atom is -0.349 e. The molecular weight excluding hydrogens is 234 g/mol. The van der Waals surface area contributed by atoms with Gasteiger partial charge in [0.2, 0.25) is 0 Å². The first-order valence-corrected chi connectivity index (χ1v) is 7.72. The van der Waals surface area contributed by atoms with E-state index < -0.39 is 0 Å². The molecule has 3 nitrogen and oxygen atoms in total. The van der Waals surface area contributed by atoms with Crippen LogP contribution in [-0.2, 0) is 13.1 Å². The number of nitrogens with zero attached hydrogens (tertiary/aromatic N) is 2. The van der Waals surface area contributed by atoms with Gasteiger partial charge in [-0.3, -0.25) is 0 Å². The number of aryl methyl sites for hydroxylation is 1. The van der Waals surface area contributed by atoms with Crippen molar-refractivity contribution in [3.8, 4) is 0 Å². The summed E-state index contributed by atoms with van der Waals surface area (Å²) in [7, 11) is 0. The zero-order valence-corrected chi connectivity index (χ0v) is 13.4. The largest absolute Gasteiger partial charge is 0.349 e. The second-order valence-corrected chi connectivity index (χ2v) is 5.25. The summed E-state index contributed by atoms with van der Waals surface area (Å²) in [6, 6.07) is 2.31. The van der Waals surface area contributed by atoms with E-state index in [1.165, 1.54) is 29.9 Å². The molecule has 110 valence electrons. The highest BCUT2D eigenvalue weighted by Gasteiger charge is 2.07. The smallest absolute Gasteiger partial charge is 0.0223 e. The SMILES string of the molecule is CCCN(CC)CCNCc1cc(C)n(CC)c1C. The van der Waals surface area contributed by atoms with Gasteiger partial charge < -0.3 is 14.8 Å². The Hall–Kier alpha value is -0.800. The van der Waals surface area contributed by atoms with Crippen molar-refractivity contribution in [3.05, 3.63) is 23.0 Å². The van der Waals surface area contributed by atoms with Crippen LogP contribution in [0.15, 0.2) is 6.07 Å². The molecule has 0 aliphatic rings. The quantitative estimate of drug-likeness (QED) is 0.693. The van der Waals surface area contributed by atoms with Gasteiger partial charge >= 0.3 is 0 Å². The maximum Gasteiger partial charge on any atom is 0.0223 e. The zero-order chi connectivity index (χ0) is 14.3. The van der Waals surface area contributed by atoms with E-state index in [0.717, 1.165) is 32.7 Å². The van der Waals surface area contributed by atoms with Crippen LogP contribution in [0.5, 0.6) is 0 Å². The maximum atomic E-state index is 3.58. The second kappa shape index (κ2) is 8.39. The first-order chi connectivity index (χ1) is 9.13. The van der Waals surface area contributed by atoms with Crippen molar-refractivity contribution in [1.82, 2.24) is 14.8 Å². The van der Waals surface area contributed by atoms with Gasteiger partial charge in [0.25, 0.3) is 0 Å². The van der Waals surface area contributed by atoms with E-state index in [-0.39, 0.29) is 0 Å². The lowest BCUT2D eigenvalue weighted by molar-refractivity contribution is 0.287. The van der Waals surface area contributed by atoms with E-state index in [0.29, 0.717) is 0 Å². The van der Waals surface area contributed by atoms with Crippen LogP contribution in [0.1, 0.15) is 44.1 Å². The third-order valence-corrected chi connectivity index (χ3v) is 3.90. The molecule has 0 spiro atoms. The van der Waals surface area contributed by atoms with Crippen LogP contribution in [0.25, 0.3) is 0 Å². The molecular formula is C16H31N3. The highest BCUT2D eigenvalue weighted by molar-refractivity contribution is 5.26. The fourth-order valence-corrected chi connectivity index (χ4v) is 2.74. The van der Waals surface area contributed by atoms with E-state index in [2.05, 4.69) is 55.5 Å². The van der Waals surface area contributed by atoms with E-state index in [9.17, 15) is 0 Å². The molecule has 0 fully saturated rings. The minimum absolute atomic E-state index is 0.989. The average Bonchev–Trinajstić information content (AvgIpc) is 2.67. The monoisotopic (exact) mass is 265 g/mol. The van der Waals surface area contributed by atoms with Crippen LogP contribution in [0, 0.1) is 13.8 Å². The number of hydrogen-bond donors (Lipinski definition) is 1. The van der Waals surface area contributed by atoms with Crippen LogP contribution < -0.4 is 5.32 Å². The number of hydrogen-bond acceptors (Lipinski definition) is 2. The van der Waals surface area contributed by atoms with Crippen LogP contribution in [0.2, 0.25) is 0 Å². The molecule has 1 aromatic rings. The van der Waals surface area contributed by atoms with E-state index in [1.807, 2.05) is 0 Å². The van der Waals surface area contributed by atoms with Crippen molar-refractivity contribution >= 4 is 0 Å². The Kier molecular flexibility index (Phi) is 7.17. The number of rotatable bonds is 9. The molecule has 1 N–H and O–H groups in total. The van der Waals surface area contributed by atoms with Gasteiger partial charge in [-0.15, -0.1) is 0 Å². The Morgan fingerprint density at radius 2 is 1.89 bits per heavy atom. The summed E-state index contributed by atoms with van der Waals surface area (Å²) in [5.74, 6) is 0. The summed E-state index contributed by atoms with van der Waals surface area (Å²) >= 11 is 0. The molecule has 0 aromatic carbocycles. The normalized spacial score (nSPS) is 11.5. The molecule has 0 amide bonds. The van der Waals surface area contributed by atoms with Gasteiger partial charge in [0.1, 0.15) is 0 Å². The van der Waals surface area contributed by atoms with Gasteiger partial charge in [-0.1, -0.05) is 13.8 Å². The van der Waals surface area contributed by atoms with Gasteiger partial charge in [0.05, 0.1) is 0 Å². The summed E-state index contributed by atoms with van der Waals surface area (Å²) in [6.07, 6.45) is 1.24. The molecule has 0 unspecified atom stereocenters. The molecule has 0 radical (unpaired) electrons. The van der Waals surface area contributed by atoms with Crippen molar-refractivity contribution in [2.45, 2.75) is 54.1 Å². The third kappa shape index (κ3) is 4.66. The molecule has 0 saturated carbocycles. The lowest BCUT2D eigenvalue weighted by atomic mass is 10.2. The molecule has 3 heteroatoms. The Bertz CT molecular complexity index is 368. The van der Waals surface area contributed by atoms with Gasteiger partial charge in [-0.05, 0) is 51.9 Å². The van der Waals surface area contributed by atoms with Gasteiger partial charge in [0.15, 0.2) is 0 Å². The summed E-state index contributed by atoms with van der Waals surface area (Å²) in [5.41, 5.74) is 4.23. The molecule has 1 rings (SSSR count). The van der Waals surface area contributed by atoms with Crippen LogP contribution >= 0.6 is 0 Å². The fourth-order valence-electron chi connectivity index (χ4n) is 2.74. The summed E-state index contributed by atoms with van der Waals surface area (Å²) < 4.78 is 2.38. The predicted molar refractivity (Wildman–Crippen MR) is 83.7 cm³/mol. The Labute approximate surface area is 119 Å². The summed E-state index contributed by atoms with van der Waals surface area (Å²) in [5, 5.41) is 3.58. The van der Waals surface area contributed by atoms with Gasteiger partial charge in [0, 0.05) is 37.6 Å². The third-order valence-electron chi connectivity index (χ3n) is 3.90. The number of likely N-dealkylation sites (N-methyl/N-ethyl adjacent to an activating group) is 1. The number of aromatic nitrogens is 1. The maximum absolute atomic E-state index is 3.58. The molecule has 0 bridgehead atoms. The van der Waals surface area contributed by atoms with Crippen molar-refractivity contribution in [1.29, 1.82) is 0 Å². The first-order valence-electron chi connectivity index (χ1n) is 7.72. The Morgan fingerprint density at radius 3 is 2.42 bits per heavy atom. The highest BCUT2D eigenvalue weighted by atomic mass is 15.1. The fraction of sp³-hybridized carbons (Fsp3) is 0.750. The molecule has 1 heterocycles. The standard InChI is InChI=1S/C16H31N3/c1-6-10-18(7-2)11-9-17-13-16-12-14(4)19(8-3)15(16)5/h12,17H,6-11,13H2,1-5H3. The lowest BCUT2D eigenvalue weighted by Gasteiger charge is -2.19. The lowest BCUT2D eigenvalue weighted by Crippen LogP contribution is -2.32. The van der Waals surface area contributed by atoms with Crippen molar-refractivity contribution in [3.63, 3.8) is 0 Å². The summed E-state index contributed by atoms with van der Waals surface area (Å²) in [6.45, 7) is 17.8. The molecule has 1 aromatic heterocycles. The zero-order valence-electron chi connectivity index (χ0n) is 13.4. The Balaban J connectivity index is 2.37. The molecule has 0 aliphatic heterocycles. The average molecular weight is 265 g/mol. The van der Waals surface area contributed by atoms with Crippen molar-refractivity contribution in [2.24, 2.45) is 0 Å². The first kappa shape index (κ1) is 16.3.